The minimum Gasteiger partial charge on any atom is -1.00 e. The van der Waals surface area contributed by atoms with E-state index in [1.165, 1.54) is 17.1 Å². The van der Waals surface area contributed by atoms with Crippen LogP contribution in [0.3, 0.4) is 0 Å². The number of hydrogen-bond donors (Lipinski definition) is 2. The Kier molecular flexibility index (Phi) is 5.72. The van der Waals surface area contributed by atoms with Gasteiger partial charge in [0.25, 0.3) is 5.82 Å². The highest BCUT2D eigenvalue weighted by atomic mass is 35.5. The fourth-order valence-corrected chi connectivity index (χ4v) is 2.62. The van der Waals surface area contributed by atoms with Crippen LogP contribution in [0.25, 0.3) is 0 Å². The second-order valence-electron chi connectivity index (χ2n) is 4.89. The van der Waals surface area contributed by atoms with Gasteiger partial charge in [-0.1, -0.05) is 6.07 Å². The minimum atomic E-state index is 0. The number of benzene rings is 1. The monoisotopic (exact) mass is 314 g/mol. The zero-order valence-electron chi connectivity index (χ0n) is 11.5. The van der Waals surface area contributed by atoms with Gasteiger partial charge in [0.15, 0.2) is 0 Å². The van der Waals surface area contributed by atoms with Crippen molar-refractivity contribution in [2.45, 2.75) is 12.8 Å². The number of fused-ring (bicyclic) bond motifs is 1. The van der Waals surface area contributed by atoms with Crippen LogP contribution in [0.15, 0.2) is 30.6 Å². The molecular weight excluding hydrogens is 295 g/mol. The molecule has 3 N–H and O–H groups in total. The molecule has 0 radical (unpaired) electrons. The summed E-state index contributed by atoms with van der Waals surface area (Å²) in [6.45, 7) is 2.13. The zero-order chi connectivity index (χ0) is 12.5. The molecule has 0 spiro atoms. The van der Waals surface area contributed by atoms with Crippen LogP contribution in [0.5, 0.6) is 0 Å². The average Bonchev–Trinajstić information content (AvgIpc) is 2.93. The number of anilines is 2. The number of nitrogen functional groups attached to an aromatic ring is 1. The smallest absolute Gasteiger partial charge is 0.255 e. The normalized spacial score (nSPS) is 12.6. The number of halogens is 2. The van der Waals surface area contributed by atoms with E-state index in [-0.39, 0.29) is 24.8 Å². The number of hydrogen-bond acceptors (Lipinski definition) is 2. The van der Waals surface area contributed by atoms with E-state index in [2.05, 4.69) is 33.6 Å². The molecule has 0 saturated heterocycles. The van der Waals surface area contributed by atoms with Crippen LogP contribution in [-0.4, -0.2) is 18.1 Å². The molecule has 2 aromatic rings. The van der Waals surface area contributed by atoms with Gasteiger partial charge in [-0.05, 0) is 24.1 Å². The van der Waals surface area contributed by atoms with E-state index in [4.69, 9.17) is 5.73 Å². The molecule has 20 heavy (non-hydrogen) atoms. The summed E-state index contributed by atoms with van der Waals surface area (Å²) in [5.41, 5.74) is 9.45. The van der Waals surface area contributed by atoms with E-state index in [0.717, 1.165) is 31.6 Å². The van der Waals surface area contributed by atoms with Crippen LogP contribution in [0.1, 0.15) is 11.4 Å². The van der Waals surface area contributed by atoms with Gasteiger partial charge in [0.2, 0.25) is 0 Å². The number of aromatic nitrogens is 2. The maximum absolute atomic E-state index is 5.87. The van der Waals surface area contributed by atoms with E-state index in [9.17, 15) is 0 Å². The van der Waals surface area contributed by atoms with Crippen molar-refractivity contribution >= 4 is 23.8 Å². The van der Waals surface area contributed by atoms with Crippen LogP contribution in [0, 0.1) is 0 Å². The van der Waals surface area contributed by atoms with Gasteiger partial charge >= 0.3 is 0 Å². The SMILES string of the molecule is C[n+]1cc[nH]c1CCN1CCc2ccc(N)cc21.Cl.[Cl-]. The Labute approximate surface area is 131 Å². The van der Waals surface area contributed by atoms with Crippen LogP contribution in [0.4, 0.5) is 11.4 Å². The number of aromatic amines is 1. The van der Waals surface area contributed by atoms with Gasteiger partial charge in [0.1, 0.15) is 12.4 Å². The fraction of sp³-hybridized carbons (Fsp3) is 0.357. The highest BCUT2D eigenvalue weighted by molar-refractivity contribution is 5.85. The summed E-state index contributed by atoms with van der Waals surface area (Å²) in [5, 5.41) is 0. The standard InChI is InChI=1S/C14H18N4.2ClH/c1-17-9-6-16-14(17)5-8-18-7-4-11-2-3-12(15)10-13(11)18;;/h2-3,6,9-10H,4-5,7-8,15H2,1H3;2*1H. The third-order valence-corrected chi connectivity index (χ3v) is 3.69. The Balaban J connectivity index is 0.000001000. The van der Waals surface area contributed by atoms with Crippen molar-refractivity contribution in [1.29, 1.82) is 0 Å². The lowest BCUT2D eigenvalue weighted by molar-refractivity contribution is -0.677. The van der Waals surface area contributed by atoms with Crippen molar-refractivity contribution < 1.29 is 17.0 Å². The lowest BCUT2D eigenvalue weighted by atomic mass is 10.1. The van der Waals surface area contributed by atoms with Crippen molar-refractivity contribution in [2.24, 2.45) is 7.05 Å². The topological polar surface area (TPSA) is 48.9 Å². The molecule has 0 atom stereocenters. The Bertz CT molecular complexity index is 568. The predicted molar refractivity (Wildman–Crippen MR) is 79.7 cm³/mol. The van der Waals surface area contributed by atoms with Gasteiger partial charge in [-0.3, -0.25) is 0 Å². The molecule has 2 heterocycles. The highest BCUT2D eigenvalue weighted by Gasteiger charge is 2.20. The Morgan fingerprint density at radius 1 is 1.40 bits per heavy atom. The van der Waals surface area contributed by atoms with Crippen LogP contribution < -0.4 is 27.6 Å². The summed E-state index contributed by atoms with van der Waals surface area (Å²) in [7, 11) is 2.07. The van der Waals surface area contributed by atoms with Gasteiger partial charge in [-0.2, -0.15) is 0 Å². The maximum Gasteiger partial charge on any atom is 0.255 e. The molecule has 0 fully saturated rings. The molecule has 0 amide bonds. The molecule has 1 aliphatic rings. The first-order valence-corrected chi connectivity index (χ1v) is 6.39. The molecule has 6 heteroatoms. The number of rotatable bonds is 3. The Morgan fingerprint density at radius 2 is 2.20 bits per heavy atom. The molecule has 3 rings (SSSR count). The fourth-order valence-electron chi connectivity index (χ4n) is 2.62. The first kappa shape index (κ1) is 16.7. The third-order valence-electron chi connectivity index (χ3n) is 3.69. The number of H-pyrrole nitrogens is 1. The summed E-state index contributed by atoms with van der Waals surface area (Å²) in [4.78, 5) is 5.70. The third kappa shape index (κ3) is 3.19. The van der Waals surface area contributed by atoms with E-state index in [1.807, 2.05) is 18.5 Å². The molecule has 0 bridgehead atoms. The summed E-state index contributed by atoms with van der Waals surface area (Å²) in [5.74, 6) is 1.26. The van der Waals surface area contributed by atoms with E-state index >= 15 is 0 Å². The van der Waals surface area contributed by atoms with Gasteiger partial charge in [0, 0.05) is 24.5 Å². The van der Waals surface area contributed by atoms with Crippen molar-refractivity contribution in [3.63, 3.8) is 0 Å². The predicted octanol–water partition coefficient (Wildman–Crippen LogP) is -1.55. The van der Waals surface area contributed by atoms with Crippen molar-refractivity contribution in [3.05, 3.63) is 42.0 Å². The van der Waals surface area contributed by atoms with E-state index in [0.29, 0.717) is 0 Å². The Hall–Kier alpha value is -1.39. The second-order valence-corrected chi connectivity index (χ2v) is 4.89. The number of aryl methyl sites for hydroxylation is 1. The quantitative estimate of drug-likeness (QED) is 0.532. The molecule has 0 aliphatic carbocycles. The second kappa shape index (κ2) is 6.86. The number of imidazole rings is 1. The zero-order valence-corrected chi connectivity index (χ0v) is 13.0. The summed E-state index contributed by atoms with van der Waals surface area (Å²) in [6.07, 6.45) is 6.18. The summed E-state index contributed by atoms with van der Waals surface area (Å²) >= 11 is 0. The molecule has 0 unspecified atom stereocenters. The van der Waals surface area contributed by atoms with Crippen LogP contribution in [0.2, 0.25) is 0 Å². The molecule has 0 saturated carbocycles. The van der Waals surface area contributed by atoms with Gasteiger partial charge in [-0.15, -0.1) is 12.4 Å². The molecule has 110 valence electrons. The van der Waals surface area contributed by atoms with E-state index in [1.54, 1.807) is 0 Å². The van der Waals surface area contributed by atoms with Gasteiger partial charge in [0.05, 0.1) is 13.5 Å². The first-order chi connectivity index (χ1) is 8.74. The van der Waals surface area contributed by atoms with Gasteiger partial charge in [-0.25, -0.2) is 9.55 Å². The maximum atomic E-state index is 5.87. The first-order valence-electron chi connectivity index (χ1n) is 6.39. The minimum absolute atomic E-state index is 0. The van der Waals surface area contributed by atoms with Crippen molar-refractivity contribution in [3.8, 4) is 0 Å². The number of nitrogens with zero attached hydrogens (tertiary/aromatic N) is 2. The number of nitrogens with two attached hydrogens (primary N) is 1. The summed E-state index contributed by atoms with van der Waals surface area (Å²) in [6, 6.07) is 6.24. The van der Waals surface area contributed by atoms with E-state index < -0.39 is 0 Å². The highest BCUT2D eigenvalue weighted by Crippen LogP contribution is 2.29. The average molecular weight is 315 g/mol. The van der Waals surface area contributed by atoms with Crippen molar-refractivity contribution in [2.75, 3.05) is 23.7 Å². The Morgan fingerprint density at radius 3 is 2.90 bits per heavy atom. The van der Waals surface area contributed by atoms with Crippen LogP contribution >= 0.6 is 12.4 Å². The molecule has 1 aromatic heterocycles. The summed E-state index contributed by atoms with van der Waals surface area (Å²) < 4.78 is 2.14. The molecule has 1 aromatic carbocycles. The van der Waals surface area contributed by atoms with Crippen molar-refractivity contribution in [1.82, 2.24) is 4.98 Å². The largest absolute Gasteiger partial charge is 1.00 e. The van der Waals surface area contributed by atoms with Gasteiger partial charge < -0.3 is 23.0 Å². The molecule has 1 aliphatic heterocycles. The number of nitrogens with one attached hydrogen (secondary N) is 1. The lowest BCUT2D eigenvalue weighted by Crippen LogP contribution is -3.00. The van der Waals surface area contributed by atoms with Crippen LogP contribution in [-0.2, 0) is 19.9 Å². The molecular formula is C14H20Cl2N4. The lowest BCUT2D eigenvalue weighted by Gasteiger charge is -2.18. The molecule has 4 nitrogen and oxygen atoms in total.